The van der Waals surface area contributed by atoms with Gasteiger partial charge >= 0.3 is 0 Å². The highest BCUT2D eigenvalue weighted by Crippen LogP contribution is 2.31. The zero-order valence-corrected chi connectivity index (χ0v) is 14.0. The number of rotatable bonds is 3. The Labute approximate surface area is 149 Å². The third kappa shape index (κ3) is 3.62. The Hall–Kier alpha value is -2.51. The van der Waals surface area contributed by atoms with Crippen molar-refractivity contribution in [2.24, 2.45) is 0 Å². The third-order valence-electron chi connectivity index (χ3n) is 3.94. The molecule has 0 radical (unpaired) electrons. The zero-order chi connectivity index (χ0) is 18.0. The molecule has 2 N–H and O–H groups in total. The minimum atomic E-state index is -0.825. The molecule has 1 aromatic heterocycles. The van der Waals surface area contributed by atoms with E-state index in [9.17, 15) is 9.18 Å². The second-order valence-corrected chi connectivity index (χ2v) is 5.97. The lowest BCUT2D eigenvalue weighted by Gasteiger charge is -2.35. The van der Waals surface area contributed by atoms with Gasteiger partial charge in [0.2, 0.25) is 5.91 Å². The fraction of sp³-hybridized carbons (Fsp3) is 0.235. The summed E-state index contributed by atoms with van der Waals surface area (Å²) in [5.41, 5.74) is 7.28. The number of morpholine rings is 1. The molecule has 8 heteroatoms. The van der Waals surface area contributed by atoms with Gasteiger partial charge in [-0.15, -0.1) is 0 Å². The Balaban J connectivity index is 2.02. The molecule has 3 rings (SSSR count). The van der Waals surface area contributed by atoms with Crippen LogP contribution >= 0.6 is 11.6 Å². The molecule has 1 atom stereocenters. The van der Waals surface area contributed by atoms with E-state index in [2.05, 4.69) is 16.5 Å². The summed E-state index contributed by atoms with van der Waals surface area (Å²) in [6.07, 6.45) is 2.56. The minimum Gasteiger partial charge on any atom is -0.380 e. The highest BCUT2D eigenvalue weighted by atomic mass is 35.5. The Morgan fingerprint density at radius 2 is 2.28 bits per heavy atom. The number of carbonyl (C=O) groups excluding carboxylic acids is 1. The maximum absolute atomic E-state index is 13.2. The first-order valence-corrected chi connectivity index (χ1v) is 7.97. The molecule has 6 nitrogen and oxygen atoms in total. The Bertz CT molecular complexity index is 830. The lowest BCUT2D eigenvalue weighted by atomic mass is 10.0. The van der Waals surface area contributed by atoms with E-state index in [0.717, 1.165) is 5.56 Å². The van der Waals surface area contributed by atoms with Crippen molar-refractivity contribution >= 4 is 23.3 Å². The van der Waals surface area contributed by atoms with E-state index in [4.69, 9.17) is 22.1 Å². The maximum Gasteiger partial charge on any atom is 0.255 e. The summed E-state index contributed by atoms with van der Waals surface area (Å²) in [6.45, 7) is 4.80. The molecule has 1 fully saturated rings. The number of nitrogen functional groups attached to an aromatic ring is 1. The van der Waals surface area contributed by atoms with E-state index in [-0.39, 0.29) is 17.8 Å². The third-order valence-corrected chi connectivity index (χ3v) is 4.16. The van der Waals surface area contributed by atoms with Crippen LogP contribution in [-0.2, 0) is 9.53 Å². The summed E-state index contributed by atoms with van der Waals surface area (Å²) in [5.74, 6) is -1.29. The van der Waals surface area contributed by atoms with Gasteiger partial charge in [-0.1, -0.05) is 18.2 Å². The molecule has 1 aromatic carbocycles. The van der Waals surface area contributed by atoms with Gasteiger partial charge in [0.05, 0.1) is 31.1 Å². The van der Waals surface area contributed by atoms with Crippen LogP contribution in [0.4, 0.5) is 10.2 Å². The minimum absolute atomic E-state index is 0.180. The van der Waals surface area contributed by atoms with Crippen molar-refractivity contribution < 1.29 is 13.9 Å². The lowest BCUT2D eigenvalue weighted by Crippen LogP contribution is -2.42. The van der Waals surface area contributed by atoms with Gasteiger partial charge in [0.1, 0.15) is 0 Å². The summed E-state index contributed by atoms with van der Waals surface area (Å²) < 4.78 is 18.8. The summed E-state index contributed by atoms with van der Waals surface area (Å²) in [5, 5.41) is 0.453. The van der Waals surface area contributed by atoms with Crippen LogP contribution < -0.4 is 5.73 Å². The summed E-state index contributed by atoms with van der Waals surface area (Å²) in [7, 11) is 0. The van der Waals surface area contributed by atoms with Crippen LogP contribution in [0, 0.1) is 5.95 Å². The number of hydrogen-bond donors (Lipinski definition) is 1. The summed E-state index contributed by atoms with van der Waals surface area (Å²) in [4.78, 5) is 21.4. The Morgan fingerprint density at radius 1 is 1.48 bits per heavy atom. The van der Waals surface area contributed by atoms with Gasteiger partial charge in [-0.25, -0.2) is 9.97 Å². The number of amides is 1. The highest BCUT2D eigenvalue weighted by molar-refractivity contribution is 6.31. The molecule has 2 heterocycles. The van der Waals surface area contributed by atoms with Gasteiger partial charge in [-0.3, -0.25) is 4.79 Å². The molecular weight excluding hydrogens is 347 g/mol. The average molecular weight is 363 g/mol. The molecule has 1 saturated heterocycles. The molecule has 25 heavy (non-hydrogen) atoms. The number of carbonyl (C=O) groups is 1. The van der Waals surface area contributed by atoms with E-state index < -0.39 is 5.95 Å². The van der Waals surface area contributed by atoms with E-state index in [1.807, 2.05) is 6.07 Å². The van der Waals surface area contributed by atoms with Crippen LogP contribution in [0.2, 0.25) is 5.02 Å². The quantitative estimate of drug-likeness (QED) is 0.849. The Morgan fingerprint density at radius 3 is 3.00 bits per heavy atom. The topological polar surface area (TPSA) is 81.3 Å². The fourth-order valence-corrected chi connectivity index (χ4v) is 2.98. The van der Waals surface area contributed by atoms with Gasteiger partial charge in [-0.05, 0) is 29.8 Å². The molecule has 1 aliphatic heterocycles. The van der Waals surface area contributed by atoms with Crippen molar-refractivity contribution in [1.29, 1.82) is 0 Å². The molecule has 2 aromatic rings. The van der Waals surface area contributed by atoms with E-state index in [1.165, 1.54) is 12.3 Å². The molecule has 0 saturated carbocycles. The predicted octanol–water partition coefficient (Wildman–Crippen LogP) is 2.60. The standard InChI is InChI=1S/C17H16ClFN4O2/c1-2-15(24)23-3-4-25-9-14(23)11-5-10(6-12(18)7-11)13-8-21-16(19)17(20)22-13/h2,5-8,14H,1,3-4,9H2,(H2,20,22)/t14-/m0/s1. The number of hydrogen-bond acceptors (Lipinski definition) is 5. The van der Waals surface area contributed by atoms with Crippen LogP contribution in [0.25, 0.3) is 11.3 Å². The molecule has 1 aliphatic rings. The first kappa shape index (κ1) is 17.3. The maximum atomic E-state index is 13.2. The van der Waals surface area contributed by atoms with Crippen LogP contribution in [0.3, 0.4) is 0 Å². The largest absolute Gasteiger partial charge is 0.380 e. The number of ether oxygens (including phenoxy) is 1. The van der Waals surface area contributed by atoms with Crippen molar-refractivity contribution in [3.05, 3.63) is 53.6 Å². The normalized spacial score (nSPS) is 17.4. The average Bonchev–Trinajstić information content (AvgIpc) is 2.62. The summed E-state index contributed by atoms with van der Waals surface area (Å²) in [6, 6.07) is 4.95. The summed E-state index contributed by atoms with van der Waals surface area (Å²) >= 11 is 6.23. The van der Waals surface area contributed by atoms with Crippen molar-refractivity contribution in [3.8, 4) is 11.3 Å². The van der Waals surface area contributed by atoms with Gasteiger partial charge in [0.25, 0.3) is 5.95 Å². The fourth-order valence-electron chi connectivity index (χ4n) is 2.74. The Kier molecular flexibility index (Phi) is 4.96. The van der Waals surface area contributed by atoms with E-state index in [0.29, 0.717) is 36.0 Å². The first-order valence-electron chi connectivity index (χ1n) is 7.59. The molecule has 130 valence electrons. The van der Waals surface area contributed by atoms with Crippen LogP contribution in [0.5, 0.6) is 0 Å². The van der Waals surface area contributed by atoms with Crippen LogP contribution in [-0.4, -0.2) is 40.5 Å². The number of anilines is 1. The lowest BCUT2D eigenvalue weighted by molar-refractivity contribution is -0.134. The van der Waals surface area contributed by atoms with Crippen LogP contribution in [0.15, 0.2) is 37.1 Å². The van der Waals surface area contributed by atoms with E-state index >= 15 is 0 Å². The number of aromatic nitrogens is 2. The van der Waals surface area contributed by atoms with Crippen LogP contribution in [0.1, 0.15) is 11.6 Å². The van der Waals surface area contributed by atoms with Gasteiger partial charge in [-0.2, -0.15) is 4.39 Å². The SMILES string of the molecule is C=CC(=O)N1CCOC[C@H]1c1cc(Cl)cc(-c2cnc(F)c(N)n2)c1. The number of nitrogens with two attached hydrogens (primary N) is 1. The monoisotopic (exact) mass is 362 g/mol. The van der Waals surface area contributed by atoms with Gasteiger partial charge < -0.3 is 15.4 Å². The predicted molar refractivity (Wildman–Crippen MR) is 92.3 cm³/mol. The first-order chi connectivity index (χ1) is 12.0. The highest BCUT2D eigenvalue weighted by Gasteiger charge is 2.28. The van der Waals surface area contributed by atoms with Crippen molar-refractivity contribution in [1.82, 2.24) is 14.9 Å². The molecule has 0 aliphatic carbocycles. The van der Waals surface area contributed by atoms with Gasteiger partial charge in [0, 0.05) is 17.1 Å². The zero-order valence-electron chi connectivity index (χ0n) is 13.3. The number of halogens is 2. The molecule has 0 bridgehead atoms. The molecule has 0 unspecified atom stereocenters. The number of benzene rings is 1. The molecule has 0 spiro atoms. The molecule has 1 amide bonds. The smallest absolute Gasteiger partial charge is 0.255 e. The molecular formula is C17H16ClFN4O2. The van der Waals surface area contributed by atoms with Gasteiger partial charge in [0.15, 0.2) is 5.82 Å². The van der Waals surface area contributed by atoms with Crippen molar-refractivity contribution in [2.45, 2.75) is 6.04 Å². The second-order valence-electron chi connectivity index (χ2n) is 5.53. The van der Waals surface area contributed by atoms with Crippen molar-refractivity contribution in [2.75, 3.05) is 25.5 Å². The van der Waals surface area contributed by atoms with E-state index in [1.54, 1.807) is 17.0 Å². The van der Waals surface area contributed by atoms with Crippen molar-refractivity contribution in [3.63, 3.8) is 0 Å². The second kappa shape index (κ2) is 7.16. The number of nitrogens with zero attached hydrogens (tertiary/aromatic N) is 3.